The Labute approximate surface area is 235 Å². The van der Waals surface area contributed by atoms with Crippen molar-refractivity contribution < 1.29 is 19.2 Å². The maximum Gasteiger partial charge on any atom is 0.262 e. The highest BCUT2D eigenvalue weighted by Gasteiger charge is 2.44. The second-order valence-corrected chi connectivity index (χ2v) is 11.6. The van der Waals surface area contributed by atoms with E-state index in [1.807, 2.05) is 12.1 Å². The van der Waals surface area contributed by atoms with E-state index >= 15 is 0 Å². The Morgan fingerprint density at radius 1 is 0.975 bits per heavy atom. The number of fused-ring (bicyclic) bond motifs is 1. The van der Waals surface area contributed by atoms with Gasteiger partial charge in [-0.05, 0) is 68.4 Å². The molecular formula is C29H27ClN6O4. The number of nitrogens with one attached hydrogen (secondary N) is 2. The number of amides is 4. The van der Waals surface area contributed by atoms with Gasteiger partial charge in [-0.15, -0.1) is 0 Å². The summed E-state index contributed by atoms with van der Waals surface area (Å²) in [5, 5.41) is 11.2. The zero-order chi connectivity index (χ0) is 27.5. The molecule has 204 valence electrons. The summed E-state index contributed by atoms with van der Waals surface area (Å²) in [4.78, 5) is 55.3. The molecule has 2 N–H and O–H groups in total. The Bertz CT molecular complexity index is 1560. The summed E-state index contributed by atoms with van der Waals surface area (Å²) in [5.41, 5.74) is 4.42. The van der Waals surface area contributed by atoms with E-state index in [-0.39, 0.29) is 24.0 Å². The topological polar surface area (TPSA) is 126 Å². The largest absolute Gasteiger partial charge is 0.385 e. The van der Waals surface area contributed by atoms with Crippen LogP contribution in [-0.2, 0) is 9.59 Å². The minimum atomic E-state index is -0.966. The first-order chi connectivity index (χ1) is 19.4. The number of halogens is 1. The number of carbonyl (C=O) groups excluding carboxylic acids is 4. The fourth-order valence-corrected chi connectivity index (χ4v) is 6.02. The maximum atomic E-state index is 13.1. The number of carbonyl (C=O) groups is 4. The first-order valence-electron chi connectivity index (χ1n) is 13.7. The molecule has 2 saturated carbocycles. The molecule has 4 heterocycles. The van der Waals surface area contributed by atoms with Crippen LogP contribution in [0.25, 0.3) is 11.3 Å². The number of benzene rings is 1. The van der Waals surface area contributed by atoms with Crippen molar-refractivity contribution in [2.75, 3.05) is 11.9 Å². The third kappa shape index (κ3) is 4.36. The number of pyridine rings is 1. The van der Waals surface area contributed by atoms with Gasteiger partial charge in [-0.25, -0.2) is 0 Å². The number of nitrogens with zero attached hydrogens (tertiary/aromatic N) is 4. The van der Waals surface area contributed by atoms with Crippen LogP contribution in [0.2, 0.25) is 5.02 Å². The number of hydrogen-bond donors (Lipinski definition) is 2. The molecule has 4 aliphatic rings. The lowest BCUT2D eigenvalue weighted by molar-refractivity contribution is -0.136. The molecule has 1 saturated heterocycles. The quantitative estimate of drug-likeness (QED) is 0.421. The van der Waals surface area contributed by atoms with E-state index in [0.29, 0.717) is 22.9 Å². The van der Waals surface area contributed by atoms with Crippen molar-refractivity contribution in [1.82, 2.24) is 25.0 Å². The average Bonchev–Trinajstić information content (AvgIpc) is 3.63. The van der Waals surface area contributed by atoms with Gasteiger partial charge < -0.3 is 5.32 Å². The summed E-state index contributed by atoms with van der Waals surface area (Å²) in [6.45, 7) is 0.733. The molecule has 0 bridgehead atoms. The molecule has 1 aromatic carbocycles. The van der Waals surface area contributed by atoms with Gasteiger partial charge in [0.25, 0.3) is 11.8 Å². The molecule has 0 spiro atoms. The Morgan fingerprint density at radius 3 is 2.50 bits per heavy atom. The Morgan fingerprint density at radius 2 is 1.77 bits per heavy atom. The van der Waals surface area contributed by atoms with Gasteiger partial charge in [0.15, 0.2) is 0 Å². The molecule has 10 nitrogen and oxygen atoms in total. The van der Waals surface area contributed by atoms with Gasteiger partial charge in [-0.1, -0.05) is 11.6 Å². The lowest BCUT2D eigenvalue weighted by Crippen LogP contribution is -2.54. The van der Waals surface area contributed by atoms with E-state index < -0.39 is 29.7 Å². The molecule has 3 fully saturated rings. The number of aromatic nitrogens is 3. The average molecular weight is 559 g/mol. The van der Waals surface area contributed by atoms with Crippen LogP contribution in [0.1, 0.15) is 76.9 Å². The molecule has 11 heteroatoms. The van der Waals surface area contributed by atoms with Crippen LogP contribution in [0.3, 0.4) is 0 Å². The third-order valence-electron chi connectivity index (χ3n) is 8.35. The Hall–Kier alpha value is -4.05. The predicted octanol–water partition coefficient (Wildman–Crippen LogP) is 3.94. The molecule has 1 unspecified atom stereocenters. The van der Waals surface area contributed by atoms with Crippen molar-refractivity contribution in [2.24, 2.45) is 5.92 Å². The standard InChI is InChI=1S/C29H27ClN6O4/c30-17-3-6-23(32-13-17)22-14-35(34-26(22)16-1-2-16)19-9-15(10-19)12-31-18-4-5-20-21(11-18)29(40)36(28(20)39)24-7-8-25(37)33-27(24)38/h3-6,11,13-16,19,24,31H,1-2,7-10,12H2,(H,33,37,38). The minimum Gasteiger partial charge on any atom is -0.385 e. The fraction of sp³-hybridized carbons (Fsp3) is 0.379. The number of imide groups is 2. The highest BCUT2D eigenvalue weighted by Crippen LogP contribution is 2.45. The Kier molecular flexibility index (Phi) is 5.96. The zero-order valence-electron chi connectivity index (χ0n) is 21.6. The molecule has 40 heavy (non-hydrogen) atoms. The second-order valence-electron chi connectivity index (χ2n) is 11.1. The second kappa shape index (κ2) is 9.55. The van der Waals surface area contributed by atoms with Crippen molar-refractivity contribution in [2.45, 2.75) is 56.5 Å². The van der Waals surface area contributed by atoms with Crippen LogP contribution in [0.5, 0.6) is 0 Å². The summed E-state index contributed by atoms with van der Waals surface area (Å²) in [5.74, 6) is -1.05. The number of rotatable bonds is 7. The molecule has 2 aliphatic carbocycles. The lowest BCUT2D eigenvalue weighted by atomic mass is 9.80. The first-order valence-corrected chi connectivity index (χ1v) is 14.0. The van der Waals surface area contributed by atoms with E-state index in [2.05, 4.69) is 26.5 Å². The smallest absolute Gasteiger partial charge is 0.262 e. The van der Waals surface area contributed by atoms with E-state index in [1.54, 1.807) is 24.4 Å². The molecule has 7 rings (SSSR count). The van der Waals surface area contributed by atoms with Gasteiger partial charge in [-0.3, -0.25) is 39.1 Å². The lowest BCUT2D eigenvalue weighted by Gasteiger charge is -2.35. The van der Waals surface area contributed by atoms with E-state index in [4.69, 9.17) is 16.7 Å². The van der Waals surface area contributed by atoms with Gasteiger partial charge in [-0.2, -0.15) is 5.10 Å². The summed E-state index contributed by atoms with van der Waals surface area (Å²) in [7, 11) is 0. The van der Waals surface area contributed by atoms with Gasteiger partial charge in [0.1, 0.15) is 6.04 Å². The van der Waals surface area contributed by atoms with Crippen molar-refractivity contribution in [3.8, 4) is 11.3 Å². The SMILES string of the molecule is O=C1CCC(N2C(=O)c3ccc(NCC4CC(n5cc(-c6ccc(Cl)cn6)c(C6CC6)n5)C4)cc3C2=O)C(=O)N1. The van der Waals surface area contributed by atoms with E-state index in [1.165, 1.54) is 0 Å². The molecule has 4 amide bonds. The molecule has 3 aromatic rings. The number of anilines is 1. The minimum absolute atomic E-state index is 0.0960. The van der Waals surface area contributed by atoms with Crippen molar-refractivity contribution >= 4 is 40.9 Å². The zero-order valence-corrected chi connectivity index (χ0v) is 22.4. The van der Waals surface area contributed by atoms with Crippen LogP contribution in [0.15, 0.2) is 42.7 Å². The molecule has 1 atom stereocenters. The summed E-state index contributed by atoms with van der Waals surface area (Å²) in [6, 6.07) is 8.26. The van der Waals surface area contributed by atoms with Crippen LogP contribution < -0.4 is 10.6 Å². The van der Waals surface area contributed by atoms with Gasteiger partial charge >= 0.3 is 0 Å². The highest BCUT2D eigenvalue weighted by molar-refractivity contribution is 6.30. The van der Waals surface area contributed by atoms with Crippen molar-refractivity contribution in [3.63, 3.8) is 0 Å². The maximum absolute atomic E-state index is 13.1. The van der Waals surface area contributed by atoms with Crippen LogP contribution in [-0.4, -0.2) is 55.9 Å². The van der Waals surface area contributed by atoms with Crippen LogP contribution in [0, 0.1) is 5.92 Å². The van der Waals surface area contributed by atoms with Gasteiger partial charge in [0.2, 0.25) is 11.8 Å². The molecule has 2 aromatic heterocycles. The third-order valence-corrected chi connectivity index (χ3v) is 8.57. The number of hydrogen-bond acceptors (Lipinski definition) is 7. The highest BCUT2D eigenvalue weighted by atomic mass is 35.5. The normalized spacial score (nSPS) is 24.1. The van der Waals surface area contributed by atoms with Gasteiger partial charge in [0, 0.05) is 42.5 Å². The molecule has 0 radical (unpaired) electrons. The van der Waals surface area contributed by atoms with Crippen LogP contribution in [0.4, 0.5) is 5.69 Å². The van der Waals surface area contributed by atoms with Gasteiger partial charge in [0.05, 0.1) is 33.6 Å². The summed E-state index contributed by atoms with van der Waals surface area (Å²) in [6.07, 6.45) is 8.32. The van der Waals surface area contributed by atoms with E-state index in [9.17, 15) is 19.2 Å². The van der Waals surface area contributed by atoms with Crippen LogP contribution >= 0.6 is 11.6 Å². The summed E-state index contributed by atoms with van der Waals surface area (Å²) < 4.78 is 2.10. The van der Waals surface area contributed by atoms with Crippen molar-refractivity contribution in [3.05, 3.63) is 64.6 Å². The molecular weight excluding hydrogens is 532 g/mol. The van der Waals surface area contributed by atoms with Crippen molar-refractivity contribution in [1.29, 1.82) is 0 Å². The van der Waals surface area contributed by atoms with E-state index in [0.717, 1.165) is 59.8 Å². The summed E-state index contributed by atoms with van der Waals surface area (Å²) >= 11 is 6.03. The predicted molar refractivity (Wildman–Crippen MR) is 146 cm³/mol. The molecule has 2 aliphatic heterocycles. The fourth-order valence-electron chi connectivity index (χ4n) is 5.91. The Balaban J connectivity index is 0.986. The number of piperidine rings is 1. The monoisotopic (exact) mass is 558 g/mol. The first kappa shape index (κ1) is 25.0.